The van der Waals surface area contributed by atoms with Gasteiger partial charge in [0.2, 0.25) is 0 Å². The minimum atomic E-state index is -0.834. The van der Waals surface area contributed by atoms with E-state index in [0.717, 1.165) is 17.6 Å². The van der Waals surface area contributed by atoms with Crippen LogP contribution in [-0.2, 0) is 23.7 Å². The number of ketones is 1. The fourth-order valence-electron chi connectivity index (χ4n) is 7.33. The molecular formula is C40H63NO7. The van der Waals surface area contributed by atoms with Crippen molar-refractivity contribution in [2.45, 2.75) is 152 Å². The van der Waals surface area contributed by atoms with Gasteiger partial charge in [0.15, 0.2) is 18.3 Å². The zero-order valence-corrected chi connectivity index (χ0v) is 32.1. The largest absolute Gasteiger partial charge is 0.496 e. The predicted octanol–water partition coefficient (Wildman–Crippen LogP) is 9.35. The summed E-state index contributed by atoms with van der Waals surface area (Å²) in [4.78, 5) is 29.9. The van der Waals surface area contributed by atoms with E-state index in [0.29, 0.717) is 17.7 Å². The van der Waals surface area contributed by atoms with Gasteiger partial charge in [-0.25, -0.2) is 4.79 Å². The Morgan fingerprint density at radius 2 is 1.71 bits per heavy atom. The zero-order chi connectivity index (χ0) is 36.3. The maximum atomic E-state index is 14.3. The number of ether oxygens (including phenoxy) is 5. The van der Waals surface area contributed by atoms with Crippen molar-refractivity contribution in [3.63, 3.8) is 0 Å². The lowest BCUT2D eigenvalue weighted by Crippen LogP contribution is -2.54. The highest BCUT2D eigenvalue weighted by atomic mass is 16.7. The van der Waals surface area contributed by atoms with Gasteiger partial charge in [-0.3, -0.25) is 9.69 Å². The molecule has 1 aromatic rings. The molecule has 2 aliphatic rings. The van der Waals surface area contributed by atoms with Crippen LogP contribution in [0, 0.1) is 30.1 Å². The van der Waals surface area contributed by atoms with Gasteiger partial charge >= 0.3 is 6.09 Å². The Hall–Kier alpha value is -2.68. The number of Topliss-reactive ketones (excluding diaryl/α,β-unsaturated/α-hetero) is 1. The highest BCUT2D eigenvalue weighted by Crippen LogP contribution is 2.45. The van der Waals surface area contributed by atoms with E-state index in [1.54, 1.807) is 18.1 Å². The van der Waals surface area contributed by atoms with Gasteiger partial charge in [0.1, 0.15) is 17.5 Å². The third-order valence-corrected chi connectivity index (χ3v) is 10.2. The zero-order valence-electron chi connectivity index (χ0n) is 32.1. The van der Waals surface area contributed by atoms with Crippen molar-refractivity contribution in [2.24, 2.45) is 23.2 Å². The topological polar surface area (TPSA) is 83.5 Å². The summed E-state index contributed by atoms with van der Waals surface area (Å²) >= 11 is 0. The van der Waals surface area contributed by atoms with Crippen LogP contribution in [0.1, 0.15) is 120 Å². The first-order valence-corrected chi connectivity index (χ1v) is 17.7. The number of rotatable bonds is 12. The van der Waals surface area contributed by atoms with E-state index in [-0.39, 0.29) is 47.6 Å². The summed E-state index contributed by atoms with van der Waals surface area (Å²) in [5, 5.41) is 0. The number of hydrogen-bond donors (Lipinski definition) is 0. The molecule has 3 rings (SSSR count). The lowest BCUT2D eigenvalue weighted by Gasteiger charge is -2.49. The molecule has 0 spiro atoms. The third kappa shape index (κ3) is 8.91. The lowest BCUT2D eigenvalue weighted by molar-refractivity contribution is -0.283. The number of benzene rings is 1. The van der Waals surface area contributed by atoms with Crippen molar-refractivity contribution in [2.75, 3.05) is 7.11 Å². The molecule has 1 amide bonds. The molecule has 8 heteroatoms. The van der Waals surface area contributed by atoms with Crippen molar-refractivity contribution >= 4 is 11.9 Å². The molecule has 48 heavy (non-hydrogen) atoms. The predicted molar refractivity (Wildman–Crippen MR) is 191 cm³/mol. The summed E-state index contributed by atoms with van der Waals surface area (Å²) in [6.45, 7) is 30.7. The molecule has 2 fully saturated rings. The van der Waals surface area contributed by atoms with Gasteiger partial charge in [-0.2, -0.15) is 0 Å². The van der Waals surface area contributed by atoms with Gasteiger partial charge < -0.3 is 23.7 Å². The molecule has 0 saturated carbocycles. The normalized spacial score (nSPS) is 27.7. The molecule has 0 bridgehead atoms. The standard InChI is InChI=1S/C40H63NO7/c1-16-33-40(13,14)36(46-34(17-2)45-33)28(9)27(8)26(7)25(6)22-31(42)35-30(20-23(3)4)41(38(43)48-39(10,11)12)37(47-35)29-19-18-24(5)21-32(29)44-15/h17-19,21,23,25,28,30,33-37H,2,16,20,22H2,1,3-15H3/b27-26+/t25-,28+,30+,33+,34?,35-,36+,37?/m1/s1. The van der Waals surface area contributed by atoms with Crippen molar-refractivity contribution in [3.05, 3.63) is 53.1 Å². The Kier molecular flexibility index (Phi) is 13.2. The molecule has 1 aromatic carbocycles. The summed E-state index contributed by atoms with van der Waals surface area (Å²) < 4.78 is 30.9. The number of hydrogen-bond acceptors (Lipinski definition) is 7. The number of carbonyl (C=O) groups is 2. The van der Waals surface area contributed by atoms with E-state index in [1.807, 2.05) is 45.9 Å². The highest BCUT2D eigenvalue weighted by Gasteiger charge is 2.51. The second kappa shape index (κ2) is 15.9. The first-order valence-electron chi connectivity index (χ1n) is 17.7. The molecule has 0 N–H and O–H groups in total. The van der Waals surface area contributed by atoms with Crippen LogP contribution in [0.4, 0.5) is 4.79 Å². The lowest BCUT2D eigenvalue weighted by atomic mass is 9.71. The van der Waals surface area contributed by atoms with E-state index in [1.165, 1.54) is 5.57 Å². The van der Waals surface area contributed by atoms with Crippen LogP contribution < -0.4 is 4.74 Å². The van der Waals surface area contributed by atoms with E-state index >= 15 is 0 Å². The van der Waals surface area contributed by atoms with E-state index in [9.17, 15) is 9.59 Å². The minimum absolute atomic E-state index is 0.0319. The summed E-state index contributed by atoms with van der Waals surface area (Å²) in [5.74, 6) is 0.815. The van der Waals surface area contributed by atoms with Crippen LogP contribution in [-0.4, -0.2) is 60.1 Å². The quantitative estimate of drug-likeness (QED) is 0.205. The van der Waals surface area contributed by atoms with Gasteiger partial charge in [-0.05, 0) is 83.9 Å². The Balaban J connectivity index is 1.96. The maximum Gasteiger partial charge on any atom is 0.412 e. The van der Waals surface area contributed by atoms with Gasteiger partial charge in [0, 0.05) is 23.3 Å². The Bertz CT molecular complexity index is 1330. The highest BCUT2D eigenvalue weighted by molar-refractivity contribution is 5.86. The molecule has 0 radical (unpaired) electrons. The Morgan fingerprint density at radius 3 is 2.25 bits per heavy atom. The van der Waals surface area contributed by atoms with E-state index < -0.39 is 36.4 Å². The summed E-state index contributed by atoms with van der Waals surface area (Å²) in [7, 11) is 1.60. The van der Waals surface area contributed by atoms with Crippen molar-refractivity contribution in [3.8, 4) is 5.75 Å². The van der Waals surface area contributed by atoms with E-state index in [4.69, 9.17) is 23.7 Å². The number of aryl methyl sites for hydroxylation is 1. The number of nitrogens with zero attached hydrogens (tertiary/aromatic N) is 1. The van der Waals surface area contributed by atoms with Crippen LogP contribution >= 0.6 is 0 Å². The molecule has 2 saturated heterocycles. The monoisotopic (exact) mass is 669 g/mol. The third-order valence-electron chi connectivity index (χ3n) is 10.2. The van der Waals surface area contributed by atoms with Crippen molar-refractivity contribution < 1.29 is 33.3 Å². The summed E-state index contributed by atoms with van der Waals surface area (Å²) in [6, 6.07) is 5.29. The Morgan fingerprint density at radius 1 is 1.06 bits per heavy atom. The molecule has 8 nitrogen and oxygen atoms in total. The van der Waals surface area contributed by atoms with E-state index in [2.05, 4.69) is 68.9 Å². The number of allylic oxidation sites excluding steroid dienone is 1. The first-order chi connectivity index (χ1) is 22.3. The van der Waals surface area contributed by atoms with Crippen LogP contribution in [0.3, 0.4) is 0 Å². The molecule has 270 valence electrons. The maximum absolute atomic E-state index is 14.3. The Labute approximate surface area is 290 Å². The van der Waals surface area contributed by atoms with Crippen molar-refractivity contribution in [1.82, 2.24) is 4.90 Å². The molecule has 0 aliphatic carbocycles. The van der Waals surface area contributed by atoms with Crippen LogP contribution in [0.25, 0.3) is 0 Å². The van der Waals surface area contributed by atoms with Crippen LogP contribution in [0.5, 0.6) is 5.75 Å². The molecule has 2 aliphatic heterocycles. The fraction of sp³-hybridized carbons (Fsp3) is 0.700. The molecule has 8 atom stereocenters. The second-order valence-electron chi connectivity index (χ2n) is 16.0. The summed E-state index contributed by atoms with van der Waals surface area (Å²) in [6.07, 6.45) is 0.807. The minimum Gasteiger partial charge on any atom is -0.496 e. The second-order valence-corrected chi connectivity index (χ2v) is 16.0. The molecular weight excluding hydrogens is 606 g/mol. The van der Waals surface area contributed by atoms with Crippen molar-refractivity contribution in [1.29, 1.82) is 0 Å². The number of methoxy groups -OCH3 is 1. The molecule has 2 heterocycles. The van der Waals surface area contributed by atoms with Gasteiger partial charge in [0.05, 0.1) is 25.4 Å². The molecule has 2 unspecified atom stereocenters. The van der Waals surface area contributed by atoms with Gasteiger partial charge in [-0.15, -0.1) is 0 Å². The summed E-state index contributed by atoms with van der Waals surface area (Å²) in [5.41, 5.74) is 3.13. The van der Waals surface area contributed by atoms with Crippen LogP contribution in [0.2, 0.25) is 0 Å². The average molecular weight is 670 g/mol. The smallest absolute Gasteiger partial charge is 0.412 e. The van der Waals surface area contributed by atoms with Crippen LogP contribution in [0.15, 0.2) is 42.0 Å². The SMILES string of the molecule is C=CC1O[C@@H](CC)C(C)(C)[C@H]([C@@H](C)/C(C)=C(\C)[C@H](C)CC(=O)[C@@H]2OC(c3ccc(C)cc3OC)N(C(=O)OC(C)(C)C)[C@H]2CC(C)C)O1. The fourth-order valence-corrected chi connectivity index (χ4v) is 7.33. The number of amides is 1. The first kappa shape index (κ1) is 39.8. The number of carbonyl (C=O) groups excluding carboxylic acids is 2. The van der Waals surface area contributed by atoms with Gasteiger partial charge in [0.25, 0.3) is 0 Å². The van der Waals surface area contributed by atoms with Gasteiger partial charge in [-0.1, -0.05) is 78.3 Å². The molecule has 0 aromatic heterocycles. The average Bonchev–Trinajstić information content (AvgIpc) is 3.37.